The van der Waals surface area contributed by atoms with Crippen molar-refractivity contribution in [2.45, 2.75) is 12.6 Å². The fourth-order valence-electron chi connectivity index (χ4n) is 1.20. The summed E-state index contributed by atoms with van der Waals surface area (Å²) in [5.74, 6) is -3.54. The molecule has 1 amide bonds. The smallest absolute Gasteiger partial charge is 0.416 e. The molecule has 1 aromatic carbocycles. The zero-order valence-corrected chi connectivity index (χ0v) is 8.96. The van der Waals surface area contributed by atoms with Crippen LogP contribution in [0.2, 0.25) is 0 Å². The van der Waals surface area contributed by atoms with Crippen LogP contribution >= 0.6 is 0 Å². The minimum Gasteiger partial charge on any atom is -0.478 e. The van der Waals surface area contributed by atoms with Crippen molar-refractivity contribution in [3.63, 3.8) is 0 Å². The SMILES string of the molecule is O=C(O)c1ccc(C(F)(F)F)cc1NC(=O)C(F)F. The molecule has 4 nitrogen and oxygen atoms in total. The monoisotopic (exact) mass is 283 g/mol. The van der Waals surface area contributed by atoms with Crippen molar-refractivity contribution in [1.29, 1.82) is 0 Å². The number of rotatable bonds is 3. The second kappa shape index (κ2) is 5.21. The number of halogens is 5. The average molecular weight is 283 g/mol. The summed E-state index contributed by atoms with van der Waals surface area (Å²) < 4.78 is 61.2. The van der Waals surface area contributed by atoms with Gasteiger partial charge < -0.3 is 10.4 Å². The summed E-state index contributed by atoms with van der Waals surface area (Å²) >= 11 is 0. The van der Waals surface area contributed by atoms with E-state index in [1.807, 2.05) is 0 Å². The molecule has 1 rings (SSSR count). The first-order chi connectivity index (χ1) is 8.62. The van der Waals surface area contributed by atoms with Gasteiger partial charge in [-0.25, -0.2) is 4.79 Å². The first kappa shape index (κ1) is 14.9. The molecule has 0 saturated heterocycles. The molecule has 9 heteroatoms. The summed E-state index contributed by atoms with van der Waals surface area (Å²) in [4.78, 5) is 21.4. The third-order valence-electron chi connectivity index (χ3n) is 2.03. The number of carbonyl (C=O) groups is 2. The van der Waals surface area contributed by atoms with Crippen molar-refractivity contribution in [2.24, 2.45) is 0 Å². The zero-order chi connectivity index (χ0) is 14.8. The largest absolute Gasteiger partial charge is 0.478 e. The Balaban J connectivity index is 3.24. The van der Waals surface area contributed by atoms with E-state index < -0.39 is 41.3 Å². The summed E-state index contributed by atoms with van der Waals surface area (Å²) in [6.07, 6.45) is -8.27. The molecule has 0 saturated carbocycles. The molecule has 0 fully saturated rings. The van der Waals surface area contributed by atoms with Crippen LogP contribution in [0.1, 0.15) is 15.9 Å². The summed E-state index contributed by atoms with van der Waals surface area (Å²) in [5, 5.41) is 10.1. The van der Waals surface area contributed by atoms with Gasteiger partial charge in [-0.05, 0) is 18.2 Å². The Labute approximate surface area is 102 Å². The normalized spacial score (nSPS) is 11.5. The minimum absolute atomic E-state index is 0.281. The molecule has 0 bridgehead atoms. The number of alkyl halides is 5. The van der Waals surface area contributed by atoms with Crippen LogP contribution in [0.15, 0.2) is 18.2 Å². The molecule has 0 heterocycles. The van der Waals surface area contributed by atoms with Crippen molar-refractivity contribution >= 4 is 17.6 Å². The van der Waals surface area contributed by atoms with Gasteiger partial charge in [-0.1, -0.05) is 0 Å². The zero-order valence-electron chi connectivity index (χ0n) is 8.96. The maximum absolute atomic E-state index is 12.4. The highest BCUT2D eigenvalue weighted by Gasteiger charge is 2.32. The summed E-state index contributed by atoms with van der Waals surface area (Å²) in [6, 6.07) is 1.33. The Hall–Kier alpha value is -2.19. The Bertz CT molecular complexity index is 512. The number of anilines is 1. The van der Waals surface area contributed by atoms with Gasteiger partial charge in [0.25, 0.3) is 5.91 Å². The predicted octanol–water partition coefficient (Wildman–Crippen LogP) is 2.61. The first-order valence-electron chi connectivity index (χ1n) is 4.66. The average Bonchev–Trinajstić information content (AvgIpc) is 2.27. The topological polar surface area (TPSA) is 66.4 Å². The molecule has 104 valence electrons. The highest BCUT2D eigenvalue weighted by Crippen LogP contribution is 2.32. The predicted molar refractivity (Wildman–Crippen MR) is 53.0 cm³/mol. The van der Waals surface area contributed by atoms with Crippen LogP contribution in [-0.2, 0) is 11.0 Å². The number of carboxylic acid groups (broad SMARTS) is 1. The molecule has 0 aromatic heterocycles. The quantitative estimate of drug-likeness (QED) is 0.838. The van der Waals surface area contributed by atoms with Gasteiger partial charge in [0, 0.05) is 0 Å². The van der Waals surface area contributed by atoms with Gasteiger partial charge in [0.1, 0.15) is 0 Å². The van der Waals surface area contributed by atoms with Crippen molar-refractivity contribution in [1.82, 2.24) is 0 Å². The molecule has 19 heavy (non-hydrogen) atoms. The number of carboxylic acids is 1. The van der Waals surface area contributed by atoms with E-state index in [9.17, 15) is 31.5 Å². The van der Waals surface area contributed by atoms with E-state index in [0.717, 1.165) is 0 Å². The Morgan fingerprint density at radius 1 is 1.21 bits per heavy atom. The van der Waals surface area contributed by atoms with Crippen molar-refractivity contribution in [3.05, 3.63) is 29.3 Å². The Morgan fingerprint density at radius 3 is 2.21 bits per heavy atom. The lowest BCUT2D eigenvalue weighted by molar-refractivity contribution is -0.137. The van der Waals surface area contributed by atoms with Crippen LogP contribution < -0.4 is 5.32 Å². The summed E-state index contributed by atoms with van der Waals surface area (Å²) in [7, 11) is 0. The van der Waals surface area contributed by atoms with Gasteiger partial charge in [0.15, 0.2) is 0 Å². The van der Waals surface area contributed by atoms with Crippen LogP contribution in [-0.4, -0.2) is 23.4 Å². The van der Waals surface area contributed by atoms with E-state index in [1.54, 1.807) is 0 Å². The van der Waals surface area contributed by atoms with Crippen molar-refractivity contribution in [3.8, 4) is 0 Å². The van der Waals surface area contributed by atoms with Gasteiger partial charge in [0.2, 0.25) is 0 Å². The van der Waals surface area contributed by atoms with E-state index in [4.69, 9.17) is 5.11 Å². The number of hydrogen-bond donors (Lipinski definition) is 2. The van der Waals surface area contributed by atoms with Crippen LogP contribution in [0.4, 0.5) is 27.6 Å². The lowest BCUT2D eigenvalue weighted by Gasteiger charge is -2.12. The van der Waals surface area contributed by atoms with Crippen LogP contribution in [0.25, 0.3) is 0 Å². The highest BCUT2D eigenvalue weighted by molar-refractivity contribution is 6.01. The van der Waals surface area contributed by atoms with Crippen LogP contribution in [0, 0.1) is 0 Å². The number of aromatic carboxylic acids is 1. The molecule has 0 aliphatic carbocycles. The second-order valence-corrected chi connectivity index (χ2v) is 3.35. The highest BCUT2D eigenvalue weighted by atomic mass is 19.4. The molecule has 1 aromatic rings. The molecular weight excluding hydrogens is 277 g/mol. The standard InChI is InChI=1S/C10H6F5NO3/c11-7(12)8(17)16-6-3-4(10(13,14)15)1-2-5(6)9(18)19/h1-3,7H,(H,16,17)(H,18,19). The fraction of sp³-hybridized carbons (Fsp3) is 0.200. The molecular formula is C10H6F5NO3. The number of hydrogen-bond acceptors (Lipinski definition) is 2. The van der Waals surface area contributed by atoms with Gasteiger partial charge in [0.05, 0.1) is 16.8 Å². The third-order valence-corrected chi connectivity index (χ3v) is 2.03. The summed E-state index contributed by atoms with van der Waals surface area (Å²) in [6.45, 7) is 0. The maximum atomic E-state index is 12.4. The summed E-state index contributed by atoms with van der Waals surface area (Å²) in [5.41, 5.74) is -2.82. The molecule has 0 aliphatic heterocycles. The van der Waals surface area contributed by atoms with Gasteiger partial charge in [-0.15, -0.1) is 0 Å². The molecule has 0 spiro atoms. The van der Waals surface area contributed by atoms with E-state index in [2.05, 4.69) is 0 Å². The fourth-order valence-corrected chi connectivity index (χ4v) is 1.20. The van der Waals surface area contributed by atoms with E-state index in [-0.39, 0.29) is 6.07 Å². The lowest BCUT2D eigenvalue weighted by atomic mass is 10.1. The van der Waals surface area contributed by atoms with Gasteiger partial charge in [-0.2, -0.15) is 22.0 Å². The van der Waals surface area contributed by atoms with Crippen molar-refractivity contribution in [2.75, 3.05) is 5.32 Å². The first-order valence-corrected chi connectivity index (χ1v) is 4.66. The van der Waals surface area contributed by atoms with E-state index in [1.165, 1.54) is 5.32 Å². The van der Waals surface area contributed by atoms with Gasteiger partial charge >= 0.3 is 18.6 Å². The molecule has 0 aliphatic rings. The maximum Gasteiger partial charge on any atom is 0.416 e. The molecule has 0 radical (unpaired) electrons. The van der Waals surface area contributed by atoms with E-state index in [0.29, 0.717) is 12.1 Å². The number of carbonyl (C=O) groups excluding carboxylic acids is 1. The molecule has 0 atom stereocenters. The lowest BCUT2D eigenvalue weighted by Crippen LogP contribution is -2.22. The van der Waals surface area contributed by atoms with Crippen LogP contribution in [0.3, 0.4) is 0 Å². The van der Waals surface area contributed by atoms with E-state index >= 15 is 0 Å². The third kappa shape index (κ3) is 3.63. The Kier molecular flexibility index (Phi) is 4.07. The minimum atomic E-state index is -4.79. The number of nitrogens with one attached hydrogen (secondary N) is 1. The second-order valence-electron chi connectivity index (χ2n) is 3.35. The van der Waals surface area contributed by atoms with Crippen LogP contribution in [0.5, 0.6) is 0 Å². The number of benzene rings is 1. The number of amides is 1. The van der Waals surface area contributed by atoms with Gasteiger partial charge in [-0.3, -0.25) is 4.79 Å². The molecule has 0 unspecified atom stereocenters. The Morgan fingerprint density at radius 2 is 1.79 bits per heavy atom. The van der Waals surface area contributed by atoms with Crippen molar-refractivity contribution < 1.29 is 36.6 Å². The molecule has 2 N–H and O–H groups in total.